The molecule has 2 rings (SSSR count). The Morgan fingerprint density at radius 2 is 1.81 bits per heavy atom. The minimum Gasteiger partial charge on any atom is -0.336 e. The van der Waals surface area contributed by atoms with Gasteiger partial charge >= 0.3 is 0 Å². The Bertz CT molecular complexity index is 533. The van der Waals surface area contributed by atoms with E-state index in [0.29, 0.717) is 13.1 Å². The standard InChI is InChI=1S/C17H23N3O/c1-4-15(12-18)19-8-10-20(11-9-19)17(21)16-13(2)6-5-7-14(16)3/h5-7,15H,4,8-11H2,1-3H3. The summed E-state index contributed by atoms with van der Waals surface area (Å²) in [5, 5.41) is 9.13. The van der Waals surface area contributed by atoms with Crippen molar-refractivity contribution in [3.05, 3.63) is 34.9 Å². The smallest absolute Gasteiger partial charge is 0.254 e. The molecule has 1 aliphatic rings. The summed E-state index contributed by atoms with van der Waals surface area (Å²) >= 11 is 0. The third-order valence-electron chi connectivity index (χ3n) is 4.27. The molecule has 1 aromatic carbocycles. The van der Waals surface area contributed by atoms with Crippen molar-refractivity contribution in [2.24, 2.45) is 0 Å². The lowest BCUT2D eigenvalue weighted by Gasteiger charge is -2.37. The molecule has 0 bridgehead atoms. The Hall–Kier alpha value is -1.86. The predicted octanol–water partition coefficient (Wildman–Crippen LogP) is 2.36. The number of piperazine rings is 1. The highest BCUT2D eigenvalue weighted by molar-refractivity contribution is 5.97. The van der Waals surface area contributed by atoms with Gasteiger partial charge in [-0.15, -0.1) is 0 Å². The number of benzene rings is 1. The van der Waals surface area contributed by atoms with Gasteiger partial charge in [0.1, 0.15) is 0 Å². The fourth-order valence-electron chi connectivity index (χ4n) is 2.98. The molecule has 21 heavy (non-hydrogen) atoms. The molecule has 1 aromatic rings. The van der Waals surface area contributed by atoms with Crippen LogP contribution in [0, 0.1) is 25.2 Å². The first-order chi connectivity index (χ1) is 10.1. The third kappa shape index (κ3) is 3.25. The van der Waals surface area contributed by atoms with Crippen molar-refractivity contribution < 1.29 is 4.79 Å². The molecule has 1 saturated heterocycles. The molecule has 1 heterocycles. The highest BCUT2D eigenvalue weighted by Gasteiger charge is 2.26. The largest absolute Gasteiger partial charge is 0.336 e. The zero-order chi connectivity index (χ0) is 15.4. The van der Waals surface area contributed by atoms with E-state index in [2.05, 4.69) is 11.0 Å². The molecule has 1 atom stereocenters. The maximum Gasteiger partial charge on any atom is 0.254 e. The third-order valence-corrected chi connectivity index (χ3v) is 4.27. The SMILES string of the molecule is CCC(C#N)N1CCN(C(=O)c2c(C)cccc2C)CC1. The number of rotatable bonds is 3. The molecule has 0 aromatic heterocycles. The van der Waals surface area contributed by atoms with E-state index in [1.807, 2.05) is 43.9 Å². The number of hydrogen-bond donors (Lipinski definition) is 0. The van der Waals surface area contributed by atoms with Gasteiger partial charge in [0.15, 0.2) is 0 Å². The Morgan fingerprint density at radius 3 is 2.29 bits per heavy atom. The topological polar surface area (TPSA) is 47.3 Å². The Balaban J connectivity index is 2.06. The lowest BCUT2D eigenvalue weighted by molar-refractivity contribution is 0.0603. The molecule has 1 amide bonds. The van der Waals surface area contributed by atoms with Crippen LogP contribution in [-0.2, 0) is 0 Å². The van der Waals surface area contributed by atoms with E-state index in [0.717, 1.165) is 36.2 Å². The summed E-state index contributed by atoms with van der Waals surface area (Å²) in [7, 11) is 0. The van der Waals surface area contributed by atoms with Gasteiger partial charge in [0.05, 0.1) is 12.1 Å². The second-order valence-electron chi connectivity index (χ2n) is 5.65. The van der Waals surface area contributed by atoms with Gasteiger partial charge < -0.3 is 4.90 Å². The molecule has 1 fully saturated rings. The van der Waals surface area contributed by atoms with Gasteiger partial charge in [0, 0.05) is 31.7 Å². The first kappa shape index (κ1) is 15.5. The summed E-state index contributed by atoms with van der Waals surface area (Å²) in [6.45, 7) is 8.96. The predicted molar refractivity (Wildman–Crippen MR) is 83.1 cm³/mol. The second kappa shape index (κ2) is 6.73. The fourth-order valence-corrected chi connectivity index (χ4v) is 2.98. The summed E-state index contributed by atoms with van der Waals surface area (Å²) < 4.78 is 0. The number of nitriles is 1. The molecule has 1 aliphatic heterocycles. The van der Waals surface area contributed by atoms with Gasteiger partial charge in [0.25, 0.3) is 5.91 Å². The van der Waals surface area contributed by atoms with Crippen molar-refractivity contribution in [2.75, 3.05) is 26.2 Å². The van der Waals surface area contributed by atoms with Crippen LogP contribution in [0.5, 0.6) is 0 Å². The molecule has 0 saturated carbocycles. The van der Waals surface area contributed by atoms with Crippen LogP contribution in [0.15, 0.2) is 18.2 Å². The molecular weight excluding hydrogens is 262 g/mol. The van der Waals surface area contributed by atoms with Crippen molar-refractivity contribution in [3.8, 4) is 6.07 Å². The highest BCUT2D eigenvalue weighted by atomic mass is 16.2. The maximum atomic E-state index is 12.7. The van der Waals surface area contributed by atoms with Crippen LogP contribution in [0.1, 0.15) is 34.8 Å². The number of amides is 1. The molecule has 0 radical (unpaired) electrons. The van der Waals surface area contributed by atoms with Gasteiger partial charge in [-0.3, -0.25) is 9.69 Å². The lowest BCUT2D eigenvalue weighted by atomic mass is 10.0. The van der Waals surface area contributed by atoms with E-state index in [4.69, 9.17) is 5.26 Å². The van der Waals surface area contributed by atoms with E-state index >= 15 is 0 Å². The van der Waals surface area contributed by atoms with Crippen LogP contribution in [-0.4, -0.2) is 47.9 Å². The van der Waals surface area contributed by atoms with E-state index in [1.165, 1.54) is 0 Å². The average molecular weight is 285 g/mol. The van der Waals surface area contributed by atoms with Gasteiger partial charge in [-0.2, -0.15) is 5.26 Å². The van der Waals surface area contributed by atoms with Crippen molar-refractivity contribution in [3.63, 3.8) is 0 Å². The normalized spacial score (nSPS) is 17.3. The van der Waals surface area contributed by atoms with Crippen LogP contribution in [0.3, 0.4) is 0 Å². The van der Waals surface area contributed by atoms with E-state index in [1.54, 1.807) is 0 Å². The van der Waals surface area contributed by atoms with Crippen LogP contribution in [0.25, 0.3) is 0 Å². The van der Waals surface area contributed by atoms with Crippen LogP contribution in [0.2, 0.25) is 0 Å². The quantitative estimate of drug-likeness (QED) is 0.856. The van der Waals surface area contributed by atoms with Crippen LogP contribution >= 0.6 is 0 Å². The molecule has 4 nitrogen and oxygen atoms in total. The second-order valence-corrected chi connectivity index (χ2v) is 5.65. The van der Waals surface area contributed by atoms with Crippen molar-refractivity contribution in [2.45, 2.75) is 33.2 Å². The first-order valence-corrected chi connectivity index (χ1v) is 7.57. The minimum atomic E-state index is -0.0255. The highest BCUT2D eigenvalue weighted by Crippen LogP contribution is 2.18. The van der Waals surface area contributed by atoms with Crippen LogP contribution in [0.4, 0.5) is 0 Å². The molecule has 4 heteroatoms. The van der Waals surface area contributed by atoms with E-state index < -0.39 is 0 Å². The average Bonchev–Trinajstić information content (AvgIpc) is 2.49. The zero-order valence-corrected chi connectivity index (χ0v) is 13.1. The van der Waals surface area contributed by atoms with Crippen molar-refractivity contribution in [1.82, 2.24) is 9.80 Å². The summed E-state index contributed by atoms with van der Waals surface area (Å²) in [6, 6.07) is 8.27. The maximum absolute atomic E-state index is 12.7. The van der Waals surface area contributed by atoms with E-state index in [9.17, 15) is 4.79 Å². The minimum absolute atomic E-state index is 0.0255. The summed E-state index contributed by atoms with van der Waals surface area (Å²) in [5.74, 6) is 0.121. The van der Waals surface area contributed by atoms with Crippen molar-refractivity contribution in [1.29, 1.82) is 5.26 Å². The monoisotopic (exact) mass is 285 g/mol. The molecular formula is C17H23N3O. The molecule has 0 N–H and O–H groups in total. The number of nitrogens with zero attached hydrogens (tertiary/aromatic N) is 3. The first-order valence-electron chi connectivity index (χ1n) is 7.57. The molecule has 0 aliphatic carbocycles. The molecule has 112 valence electrons. The van der Waals surface area contributed by atoms with Gasteiger partial charge in [-0.1, -0.05) is 25.1 Å². The molecule has 1 unspecified atom stereocenters. The molecule has 0 spiro atoms. The Labute approximate surface area is 127 Å². The summed E-state index contributed by atoms with van der Waals surface area (Å²) in [5.41, 5.74) is 2.90. The van der Waals surface area contributed by atoms with Crippen LogP contribution < -0.4 is 0 Å². The zero-order valence-electron chi connectivity index (χ0n) is 13.1. The Morgan fingerprint density at radius 1 is 1.24 bits per heavy atom. The number of hydrogen-bond acceptors (Lipinski definition) is 3. The number of carbonyl (C=O) groups excluding carboxylic acids is 1. The van der Waals surface area contributed by atoms with Crippen molar-refractivity contribution >= 4 is 5.91 Å². The van der Waals surface area contributed by atoms with E-state index in [-0.39, 0.29) is 11.9 Å². The summed E-state index contributed by atoms with van der Waals surface area (Å²) in [6.07, 6.45) is 0.835. The fraction of sp³-hybridized carbons (Fsp3) is 0.529. The van der Waals surface area contributed by atoms with Gasteiger partial charge in [0.2, 0.25) is 0 Å². The van der Waals surface area contributed by atoms with Gasteiger partial charge in [-0.05, 0) is 31.4 Å². The van der Waals surface area contributed by atoms with Gasteiger partial charge in [-0.25, -0.2) is 0 Å². The number of carbonyl (C=O) groups is 1. The Kier molecular flexibility index (Phi) is 4.98. The lowest BCUT2D eigenvalue weighted by Crippen LogP contribution is -2.51. The summed E-state index contributed by atoms with van der Waals surface area (Å²) in [4.78, 5) is 16.8. The number of aryl methyl sites for hydroxylation is 2.